The average molecular weight is 501 g/mol. The lowest BCUT2D eigenvalue weighted by atomic mass is 10.2. The van der Waals surface area contributed by atoms with Crippen molar-refractivity contribution in [3.05, 3.63) is 67.1 Å². The lowest BCUT2D eigenvalue weighted by Crippen LogP contribution is -2.32. The number of nitro benzene ring substituents is 1. The number of nitrogens with one attached hydrogen (secondary N) is 2. The van der Waals surface area contributed by atoms with Crippen LogP contribution in [0.1, 0.15) is 5.56 Å². The van der Waals surface area contributed by atoms with Crippen molar-refractivity contribution in [2.75, 3.05) is 5.32 Å². The number of hydrogen-bond donors (Lipinski definition) is 3. The number of phenols is 1. The molecule has 0 unspecified atom stereocenters. The average Bonchev–Trinajstić information content (AvgIpc) is 2.58. The fraction of sp³-hybridized carbons (Fsp3) is 0. The van der Waals surface area contributed by atoms with Crippen LogP contribution >= 0.6 is 44.1 Å². The number of non-ortho nitro benzene ring substituents is 1. The highest BCUT2D eigenvalue weighted by atomic mass is 79.9. The first kappa shape index (κ1) is 20.0. The Balaban J connectivity index is 1.98. The number of aromatic hydroxyl groups is 1. The summed E-state index contributed by atoms with van der Waals surface area (Å²) in [5, 5.41) is 25.7. The van der Waals surface area contributed by atoms with E-state index in [0.29, 0.717) is 20.2 Å². The van der Waals surface area contributed by atoms with E-state index in [-0.39, 0.29) is 16.5 Å². The molecule has 2 rings (SSSR count). The zero-order valence-electron chi connectivity index (χ0n) is 12.9. The van der Waals surface area contributed by atoms with E-state index < -0.39 is 10.8 Å². The highest BCUT2D eigenvalue weighted by molar-refractivity contribution is 9.11. The second kappa shape index (κ2) is 8.88. The van der Waals surface area contributed by atoms with Crippen LogP contribution in [-0.2, 0) is 4.79 Å². The molecule has 0 radical (unpaired) electrons. The summed E-state index contributed by atoms with van der Waals surface area (Å²) < 4.78 is 0.906. The van der Waals surface area contributed by atoms with E-state index in [9.17, 15) is 20.0 Å². The molecule has 0 aliphatic rings. The van der Waals surface area contributed by atoms with Crippen molar-refractivity contribution in [1.29, 1.82) is 0 Å². The molecule has 0 saturated heterocycles. The minimum atomic E-state index is -0.510. The van der Waals surface area contributed by atoms with Gasteiger partial charge in [0.2, 0.25) is 5.91 Å². The normalized spacial score (nSPS) is 10.5. The maximum absolute atomic E-state index is 11.9. The molecule has 0 aliphatic carbocycles. The fourth-order valence-electron chi connectivity index (χ4n) is 1.87. The van der Waals surface area contributed by atoms with Gasteiger partial charge in [-0.2, -0.15) is 0 Å². The molecule has 0 fully saturated rings. The van der Waals surface area contributed by atoms with E-state index in [1.165, 1.54) is 30.4 Å². The van der Waals surface area contributed by atoms with E-state index in [2.05, 4.69) is 42.5 Å². The monoisotopic (exact) mass is 499 g/mol. The molecule has 0 bridgehead atoms. The van der Waals surface area contributed by atoms with E-state index in [4.69, 9.17) is 12.2 Å². The van der Waals surface area contributed by atoms with E-state index >= 15 is 0 Å². The molecule has 2 aromatic carbocycles. The number of nitro groups is 1. The molecular weight excluding hydrogens is 490 g/mol. The molecule has 10 heteroatoms. The Bertz CT molecular complexity index is 895. The lowest BCUT2D eigenvalue weighted by Gasteiger charge is -2.10. The van der Waals surface area contributed by atoms with Crippen molar-refractivity contribution in [3.63, 3.8) is 0 Å². The maximum atomic E-state index is 11.9. The van der Waals surface area contributed by atoms with Crippen LogP contribution in [0.15, 0.2) is 51.4 Å². The highest BCUT2D eigenvalue weighted by Gasteiger charge is 2.08. The van der Waals surface area contributed by atoms with Crippen molar-refractivity contribution < 1.29 is 14.8 Å². The van der Waals surface area contributed by atoms with Gasteiger partial charge in [-0.1, -0.05) is 12.1 Å². The summed E-state index contributed by atoms with van der Waals surface area (Å²) in [7, 11) is 0. The number of thiocarbonyl (C=S) groups is 1. The molecular formula is C16H11Br2N3O4S. The van der Waals surface area contributed by atoms with Gasteiger partial charge in [0.25, 0.3) is 5.69 Å². The van der Waals surface area contributed by atoms with Crippen molar-refractivity contribution in [2.24, 2.45) is 0 Å². The molecule has 0 saturated carbocycles. The Morgan fingerprint density at radius 3 is 2.50 bits per heavy atom. The number of nitrogens with zero attached hydrogens (tertiary/aromatic N) is 1. The standard InChI is InChI=1S/C16H11Br2N3O4S/c17-12-7-10(8-13(18)15(12)23)19-16(26)20-14(22)5-4-9-2-1-3-11(6-9)21(24)25/h1-8,23H,(H2,19,20,22,26). The maximum Gasteiger partial charge on any atom is 0.270 e. The molecule has 0 atom stereocenters. The number of benzene rings is 2. The van der Waals surface area contributed by atoms with Gasteiger partial charge in [0.05, 0.1) is 13.9 Å². The fourth-order valence-corrected chi connectivity index (χ4v) is 3.27. The first-order chi connectivity index (χ1) is 12.3. The summed E-state index contributed by atoms with van der Waals surface area (Å²) >= 11 is 11.4. The second-order valence-corrected chi connectivity index (χ2v) is 7.03. The first-order valence-electron chi connectivity index (χ1n) is 6.99. The Hall–Kier alpha value is -2.30. The predicted octanol–water partition coefficient (Wildman–Crippen LogP) is 4.35. The quantitative estimate of drug-likeness (QED) is 0.189. The van der Waals surface area contributed by atoms with Crippen LogP contribution in [0.2, 0.25) is 0 Å². The van der Waals surface area contributed by atoms with Crippen LogP contribution in [0.5, 0.6) is 5.75 Å². The largest absolute Gasteiger partial charge is 0.506 e. The van der Waals surface area contributed by atoms with Gasteiger partial charge < -0.3 is 10.4 Å². The van der Waals surface area contributed by atoms with Gasteiger partial charge in [-0.05, 0) is 67.8 Å². The Labute approximate surface area is 170 Å². The number of hydrogen-bond acceptors (Lipinski definition) is 5. The summed E-state index contributed by atoms with van der Waals surface area (Å²) in [6.07, 6.45) is 2.66. The molecule has 0 aliphatic heterocycles. The molecule has 1 amide bonds. The first-order valence-corrected chi connectivity index (χ1v) is 8.98. The number of phenolic OH excluding ortho intramolecular Hbond substituents is 1. The number of carbonyl (C=O) groups excluding carboxylic acids is 1. The van der Waals surface area contributed by atoms with Gasteiger partial charge in [-0.15, -0.1) is 0 Å². The number of amides is 1. The summed E-state index contributed by atoms with van der Waals surface area (Å²) in [5.41, 5.74) is 1.00. The predicted molar refractivity (Wildman–Crippen MR) is 110 cm³/mol. The van der Waals surface area contributed by atoms with Gasteiger partial charge in [0.15, 0.2) is 5.11 Å². The topological polar surface area (TPSA) is 104 Å². The van der Waals surface area contributed by atoms with Gasteiger partial charge >= 0.3 is 0 Å². The third kappa shape index (κ3) is 5.61. The Morgan fingerprint density at radius 2 is 1.88 bits per heavy atom. The number of rotatable bonds is 4. The van der Waals surface area contributed by atoms with Crippen LogP contribution in [0.3, 0.4) is 0 Å². The van der Waals surface area contributed by atoms with Crippen molar-refractivity contribution in [2.45, 2.75) is 0 Å². The van der Waals surface area contributed by atoms with Gasteiger partial charge in [-0.25, -0.2) is 0 Å². The minimum Gasteiger partial charge on any atom is -0.506 e. The second-order valence-electron chi connectivity index (χ2n) is 4.92. The summed E-state index contributed by atoms with van der Waals surface area (Å²) in [5.74, 6) is -0.448. The summed E-state index contributed by atoms with van der Waals surface area (Å²) in [6.45, 7) is 0. The van der Waals surface area contributed by atoms with Gasteiger partial charge in [0, 0.05) is 23.9 Å². The summed E-state index contributed by atoms with van der Waals surface area (Å²) in [6, 6.07) is 9.08. The van der Waals surface area contributed by atoms with Crippen LogP contribution in [0.25, 0.3) is 6.08 Å². The lowest BCUT2D eigenvalue weighted by molar-refractivity contribution is -0.384. The summed E-state index contributed by atoms with van der Waals surface area (Å²) in [4.78, 5) is 22.1. The molecule has 0 heterocycles. The molecule has 2 aromatic rings. The van der Waals surface area contributed by atoms with Crippen LogP contribution < -0.4 is 10.6 Å². The number of anilines is 1. The number of halogens is 2. The molecule has 26 heavy (non-hydrogen) atoms. The van der Waals surface area contributed by atoms with Crippen molar-refractivity contribution in [1.82, 2.24) is 5.32 Å². The highest BCUT2D eigenvalue weighted by Crippen LogP contribution is 2.35. The van der Waals surface area contributed by atoms with E-state index in [1.807, 2.05) is 0 Å². The van der Waals surface area contributed by atoms with E-state index in [0.717, 1.165) is 0 Å². The zero-order chi connectivity index (χ0) is 19.3. The molecule has 3 N–H and O–H groups in total. The third-order valence-corrected chi connectivity index (χ3v) is 4.43. The van der Waals surface area contributed by atoms with Crippen LogP contribution in [0, 0.1) is 10.1 Å². The zero-order valence-corrected chi connectivity index (χ0v) is 16.9. The van der Waals surface area contributed by atoms with Gasteiger partial charge in [-0.3, -0.25) is 20.2 Å². The SMILES string of the molecule is O=C(C=Cc1cccc([N+](=O)[O-])c1)NC(=S)Nc1cc(Br)c(O)c(Br)c1. The minimum absolute atomic E-state index is 0.0467. The molecule has 0 aromatic heterocycles. The Morgan fingerprint density at radius 1 is 1.23 bits per heavy atom. The van der Waals surface area contributed by atoms with Gasteiger partial charge in [0.1, 0.15) is 5.75 Å². The molecule has 0 spiro atoms. The van der Waals surface area contributed by atoms with Crippen LogP contribution in [0.4, 0.5) is 11.4 Å². The molecule has 134 valence electrons. The third-order valence-electron chi connectivity index (χ3n) is 3.02. The smallest absolute Gasteiger partial charge is 0.270 e. The molecule has 7 nitrogen and oxygen atoms in total. The number of carbonyl (C=O) groups is 1. The van der Waals surface area contributed by atoms with E-state index in [1.54, 1.807) is 18.2 Å². The Kier molecular flexibility index (Phi) is 6.83. The van der Waals surface area contributed by atoms with Crippen molar-refractivity contribution in [3.8, 4) is 5.75 Å². The van der Waals surface area contributed by atoms with Crippen molar-refractivity contribution >= 4 is 72.5 Å². The van der Waals surface area contributed by atoms with Crippen LogP contribution in [-0.4, -0.2) is 21.0 Å².